The molecule has 0 saturated heterocycles. The fourth-order valence-corrected chi connectivity index (χ4v) is 9.63. The van der Waals surface area contributed by atoms with Crippen LogP contribution in [-0.4, -0.2) is 84.6 Å². The van der Waals surface area contributed by atoms with Crippen LogP contribution >= 0.6 is 0 Å². The van der Waals surface area contributed by atoms with Gasteiger partial charge in [0.25, 0.3) is 11.8 Å². The van der Waals surface area contributed by atoms with Crippen LogP contribution in [0.5, 0.6) is 0 Å². The number of hydrogen-bond donors (Lipinski definition) is 4. The van der Waals surface area contributed by atoms with Crippen molar-refractivity contribution >= 4 is 19.5 Å². The van der Waals surface area contributed by atoms with Crippen molar-refractivity contribution in [1.29, 1.82) is 0 Å². The third kappa shape index (κ3) is 9.19. The van der Waals surface area contributed by atoms with Crippen LogP contribution in [0.4, 0.5) is 0 Å². The van der Waals surface area contributed by atoms with E-state index in [1.165, 1.54) is 18.8 Å². The van der Waals surface area contributed by atoms with Crippen molar-refractivity contribution in [3.8, 4) is 0 Å². The molecule has 53 heavy (non-hydrogen) atoms. The summed E-state index contributed by atoms with van der Waals surface area (Å²) in [4.78, 5) is 26.9. The van der Waals surface area contributed by atoms with Crippen LogP contribution < -0.4 is 21.3 Å². The number of carbonyl (C=O) groups excluding carboxylic acids is 2. The van der Waals surface area contributed by atoms with Crippen molar-refractivity contribution in [2.75, 3.05) is 41.4 Å². The van der Waals surface area contributed by atoms with E-state index < -0.39 is 12.5 Å². The van der Waals surface area contributed by atoms with E-state index in [9.17, 15) is 9.59 Å². The number of hydrogen-bond acceptors (Lipinski definition) is 8. The number of rotatable bonds is 20. The Morgan fingerprint density at radius 1 is 0.585 bits per heavy atom. The second kappa shape index (κ2) is 17.8. The predicted molar refractivity (Wildman–Crippen MR) is 208 cm³/mol. The number of methoxy groups -OCH3 is 2. The lowest BCUT2D eigenvalue weighted by molar-refractivity contribution is -0.0956. The average molecular weight is 730 g/mol. The minimum Gasteiger partial charge on any atom is -0.393 e. The van der Waals surface area contributed by atoms with E-state index >= 15 is 0 Å². The normalized spacial score (nSPS) is 28.7. The van der Waals surface area contributed by atoms with Crippen molar-refractivity contribution < 1.29 is 28.4 Å². The Balaban J connectivity index is 1.02. The number of benzene rings is 2. The lowest BCUT2D eigenvalue weighted by Gasteiger charge is -2.53. The topological polar surface area (TPSA) is 119 Å². The highest BCUT2D eigenvalue weighted by molar-refractivity contribution is 6.18. The molecule has 0 heterocycles. The summed E-state index contributed by atoms with van der Waals surface area (Å²) in [7, 11) is 8.79. The standard InChI is InChI=1S/C42H62BN4O6/c1-44-29-5-7-35(46-37(48)31-9-13-33(14-10-31)39-17-23-41(50-3,24-18-39)25-19-39)52-43-53-36(8-6-30-45-2)47-38(49)32-11-15-34(16-12-32)40-20-26-42(51-4,27-21-40)28-22-40/h9-16,35-36,44-45H,5-8,17-30H2,1-4H3,(H,46,48)(H,47,49). The predicted octanol–water partition coefficient (Wildman–Crippen LogP) is 6.05. The van der Waals surface area contributed by atoms with Gasteiger partial charge in [0.05, 0.1) is 11.2 Å². The van der Waals surface area contributed by atoms with Gasteiger partial charge in [0.1, 0.15) is 12.5 Å². The van der Waals surface area contributed by atoms with Crippen LogP contribution in [0.25, 0.3) is 0 Å². The Morgan fingerprint density at radius 2 is 0.925 bits per heavy atom. The molecule has 6 fully saturated rings. The van der Waals surface area contributed by atoms with Gasteiger partial charge in [-0.2, -0.15) is 0 Å². The number of nitrogens with one attached hydrogen (secondary N) is 4. The fourth-order valence-electron chi connectivity index (χ4n) is 9.63. The van der Waals surface area contributed by atoms with Gasteiger partial charge in [-0.25, -0.2) is 0 Å². The van der Waals surface area contributed by atoms with E-state index in [2.05, 4.69) is 45.5 Å². The Labute approximate surface area is 317 Å². The first kappa shape index (κ1) is 39.9. The molecule has 6 saturated carbocycles. The molecule has 11 heteroatoms. The van der Waals surface area contributed by atoms with Crippen LogP contribution in [0.3, 0.4) is 0 Å². The summed E-state index contributed by atoms with van der Waals surface area (Å²) in [6.45, 7) is 1.57. The number of amides is 2. The zero-order chi connectivity index (χ0) is 37.4. The molecule has 10 nitrogen and oxygen atoms in total. The molecule has 4 N–H and O–H groups in total. The molecule has 2 amide bonds. The van der Waals surface area contributed by atoms with E-state index in [0.29, 0.717) is 24.0 Å². The highest BCUT2D eigenvalue weighted by Gasteiger charge is 2.50. The van der Waals surface area contributed by atoms with Gasteiger partial charge in [0.15, 0.2) is 0 Å². The van der Waals surface area contributed by atoms with Gasteiger partial charge < -0.3 is 40.0 Å². The molecule has 2 unspecified atom stereocenters. The molecular formula is C42H62BN4O6. The van der Waals surface area contributed by atoms with Gasteiger partial charge in [-0.05, 0) is 176 Å². The number of carbonyl (C=O) groups is 2. The minimum absolute atomic E-state index is 0.0679. The summed E-state index contributed by atoms with van der Waals surface area (Å²) in [5.41, 5.74) is 4.35. The Bertz CT molecular complexity index is 1340. The van der Waals surface area contributed by atoms with E-state index in [1.54, 1.807) is 0 Å². The van der Waals surface area contributed by atoms with E-state index in [0.717, 1.165) is 103 Å². The third-order valence-corrected chi connectivity index (χ3v) is 13.5. The summed E-state index contributed by atoms with van der Waals surface area (Å²) in [6, 6.07) is 16.3. The van der Waals surface area contributed by atoms with Gasteiger partial charge in [-0.1, -0.05) is 24.3 Å². The zero-order valence-corrected chi connectivity index (χ0v) is 32.5. The smallest absolute Gasteiger partial charge is 0.393 e. The Kier molecular flexibility index (Phi) is 13.4. The van der Waals surface area contributed by atoms with Crippen LogP contribution in [0, 0.1) is 0 Å². The van der Waals surface area contributed by atoms with Crippen LogP contribution in [-0.2, 0) is 29.6 Å². The van der Waals surface area contributed by atoms with Gasteiger partial charge in [-0.3, -0.25) is 9.59 Å². The maximum atomic E-state index is 13.4. The second-order valence-corrected chi connectivity index (χ2v) is 16.3. The van der Waals surface area contributed by atoms with Crippen molar-refractivity contribution in [2.24, 2.45) is 0 Å². The highest BCUT2D eigenvalue weighted by Crippen LogP contribution is 2.56. The molecule has 6 aliphatic carbocycles. The van der Waals surface area contributed by atoms with Crippen molar-refractivity contribution in [3.63, 3.8) is 0 Å². The summed E-state index contributed by atoms with van der Waals surface area (Å²) in [5.74, 6) is -0.382. The first-order chi connectivity index (χ1) is 25.7. The molecular weight excluding hydrogens is 667 g/mol. The first-order valence-electron chi connectivity index (χ1n) is 20.1. The molecule has 0 aromatic heterocycles. The molecule has 1 radical (unpaired) electrons. The van der Waals surface area contributed by atoms with E-state index in [-0.39, 0.29) is 33.8 Å². The maximum absolute atomic E-state index is 13.4. The molecule has 2 aromatic carbocycles. The maximum Gasteiger partial charge on any atom is 0.491 e. The molecule has 2 aromatic rings. The SMILES string of the molecule is CNCCCC(NC(=O)c1ccc(C23CCC(OC)(CC2)CC3)cc1)O[B]OC(CCCNC)NC(=O)c1ccc(C23CCC(OC)(CC2)CC3)cc1. The Hall–Kier alpha value is -2.80. The zero-order valence-electron chi connectivity index (χ0n) is 32.5. The minimum atomic E-state index is -0.595. The average Bonchev–Trinajstić information content (AvgIpc) is 3.22. The molecule has 0 spiro atoms. The first-order valence-corrected chi connectivity index (χ1v) is 20.1. The van der Waals surface area contributed by atoms with Crippen LogP contribution in [0.2, 0.25) is 0 Å². The second-order valence-electron chi connectivity index (χ2n) is 16.3. The molecule has 2 atom stereocenters. The lowest BCUT2D eigenvalue weighted by Crippen LogP contribution is -2.49. The summed E-state index contributed by atoms with van der Waals surface area (Å²) in [5, 5.41) is 12.4. The van der Waals surface area contributed by atoms with E-state index in [4.69, 9.17) is 18.8 Å². The lowest BCUT2D eigenvalue weighted by atomic mass is 9.56. The fraction of sp³-hybridized carbons (Fsp3) is 0.667. The molecule has 6 aliphatic rings. The van der Waals surface area contributed by atoms with Gasteiger partial charge in [-0.15, -0.1) is 0 Å². The Morgan fingerprint density at radius 3 is 1.23 bits per heavy atom. The molecule has 289 valence electrons. The van der Waals surface area contributed by atoms with Crippen molar-refractivity contribution in [3.05, 3.63) is 70.8 Å². The van der Waals surface area contributed by atoms with E-state index in [1.807, 2.05) is 52.6 Å². The summed E-state index contributed by atoms with van der Waals surface area (Å²) < 4.78 is 23.8. The number of fused-ring (bicyclic) bond motifs is 6. The molecule has 0 aliphatic heterocycles. The molecule has 4 bridgehead atoms. The summed E-state index contributed by atoms with van der Waals surface area (Å²) in [6.07, 6.45) is 14.9. The van der Waals surface area contributed by atoms with Crippen molar-refractivity contribution in [1.82, 2.24) is 21.3 Å². The highest BCUT2D eigenvalue weighted by atomic mass is 16.6. The monoisotopic (exact) mass is 729 g/mol. The third-order valence-electron chi connectivity index (χ3n) is 13.5. The van der Waals surface area contributed by atoms with Crippen molar-refractivity contribution in [2.45, 2.75) is 137 Å². The van der Waals surface area contributed by atoms with Crippen LogP contribution in [0.1, 0.15) is 135 Å². The van der Waals surface area contributed by atoms with Gasteiger partial charge in [0.2, 0.25) is 0 Å². The van der Waals surface area contributed by atoms with Gasteiger partial charge >= 0.3 is 7.69 Å². The molecule has 8 rings (SSSR count). The van der Waals surface area contributed by atoms with Crippen LogP contribution in [0.15, 0.2) is 48.5 Å². The quantitative estimate of drug-likeness (QED) is 0.0740. The largest absolute Gasteiger partial charge is 0.491 e. The van der Waals surface area contributed by atoms with Gasteiger partial charge in [0, 0.05) is 25.3 Å². The summed E-state index contributed by atoms with van der Waals surface area (Å²) >= 11 is 0. The number of ether oxygens (including phenoxy) is 2.